The Hall–Kier alpha value is -0.910. The molecule has 1 aromatic carbocycles. The van der Waals surface area contributed by atoms with Crippen molar-refractivity contribution in [3.8, 4) is 0 Å². The van der Waals surface area contributed by atoms with E-state index < -0.39 is 20.6 Å². The lowest BCUT2D eigenvalue weighted by molar-refractivity contribution is 0.591. The van der Waals surface area contributed by atoms with E-state index in [9.17, 15) is 8.42 Å². The van der Waals surface area contributed by atoms with Gasteiger partial charge in [-0.05, 0) is 12.5 Å². The van der Waals surface area contributed by atoms with Crippen LogP contribution in [0.2, 0.25) is 0 Å². The van der Waals surface area contributed by atoms with Crippen molar-refractivity contribution < 1.29 is 8.42 Å². The first-order valence-corrected chi connectivity index (χ1v) is 7.50. The maximum absolute atomic E-state index is 11.7. The maximum atomic E-state index is 11.7. The van der Waals surface area contributed by atoms with Crippen LogP contribution in [-0.4, -0.2) is 32.0 Å². The van der Waals surface area contributed by atoms with Crippen LogP contribution in [0.15, 0.2) is 24.3 Å². The zero-order valence-corrected chi connectivity index (χ0v) is 10.9. The Morgan fingerprint density at radius 1 is 1.29 bits per heavy atom. The van der Waals surface area contributed by atoms with Gasteiger partial charge in [-0.1, -0.05) is 29.8 Å². The van der Waals surface area contributed by atoms with Gasteiger partial charge in [-0.3, -0.25) is 0 Å². The first kappa shape index (κ1) is 12.5. The van der Waals surface area contributed by atoms with Crippen LogP contribution in [0, 0.1) is 6.92 Å². The molecular weight excluding hydrogens is 236 g/mol. The normalized spacial score (nSPS) is 32.5. The standard InChI is InChI=1S/C12H18N2O2S/c1-8-3-5-9(6-4-8)10-11(17(2,15)16)12(10,14)7-13/h3-6,10-11H,7,13-14H2,1-2H3/t10-,11+,12-/m1/s1. The summed E-state index contributed by atoms with van der Waals surface area (Å²) < 4.78 is 23.4. The Morgan fingerprint density at radius 3 is 2.18 bits per heavy atom. The molecule has 0 saturated heterocycles. The van der Waals surface area contributed by atoms with Crippen LogP contribution < -0.4 is 11.5 Å². The highest BCUT2D eigenvalue weighted by atomic mass is 32.2. The maximum Gasteiger partial charge on any atom is 0.152 e. The number of sulfone groups is 1. The Morgan fingerprint density at radius 2 is 1.82 bits per heavy atom. The molecule has 5 heteroatoms. The second-order valence-corrected chi connectivity index (χ2v) is 7.12. The summed E-state index contributed by atoms with van der Waals surface area (Å²) in [5.41, 5.74) is 13.0. The van der Waals surface area contributed by atoms with Crippen LogP contribution in [0.25, 0.3) is 0 Å². The van der Waals surface area contributed by atoms with Gasteiger partial charge < -0.3 is 11.5 Å². The molecule has 1 fully saturated rings. The molecule has 0 radical (unpaired) electrons. The lowest BCUT2D eigenvalue weighted by atomic mass is 10.1. The number of nitrogens with two attached hydrogens (primary N) is 2. The van der Waals surface area contributed by atoms with Gasteiger partial charge in [-0.2, -0.15) is 0 Å². The average Bonchev–Trinajstić information content (AvgIpc) is 2.87. The van der Waals surface area contributed by atoms with E-state index in [2.05, 4.69) is 0 Å². The van der Waals surface area contributed by atoms with E-state index in [0.29, 0.717) is 0 Å². The highest BCUT2D eigenvalue weighted by molar-refractivity contribution is 7.91. The number of rotatable bonds is 3. The van der Waals surface area contributed by atoms with Crippen LogP contribution >= 0.6 is 0 Å². The number of hydrogen-bond donors (Lipinski definition) is 2. The molecule has 0 amide bonds. The van der Waals surface area contributed by atoms with E-state index in [-0.39, 0.29) is 12.5 Å². The SMILES string of the molecule is Cc1ccc([C@@H]2[C@H](S(C)(=O)=O)[C@@]2(N)CN)cc1. The molecule has 1 aliphatic carbocycles. The molecule has 17 heavy (non-hydrogen) atoms. The molecule has 0 bridgehead atoms. The third-order valence-corrected chi connectivity index (χ3v) is 5.19. The highest BCUT2D eigenvalue weighted by Crippen LogP contribution is 2.53. The molecule has 1 aliphatic rings. The first-order chi connectivity index (χ1) is 7.80. The van der Waals surface area contributed by atoms with Gasteiger partial charge in [0.2, 0.25) is 0 Å². The monoisotopic (exact) mass is 254 g/mol. The van der Waals surface area contributed by atoms with Crippen LogP contribution in [0.1, 0.15) is 17.0 Å². The molecule has 3 atom stereocenters. The van der Waals surface area contributed by atoms with E-state index in [1.54, 1.807) is 0 Å². The van der Waals surface area contributed by atoms with Crippen molar-refractivity contribution in [1.82, 2.24) is 0 Å². The van der Waals surface area contributed by atoms with Crippen molar-refractivity contribution in [2.45, 2.75) is 23.6 Å². The van der Waals surface area contributed by atoms with Crippen molar-refractivity contribution >= 4 is 9.84 Å². The Labute approximate surface area is 102 Å². The first-order valence-electron chi connectivity index (χ1n) is 5.55. The molecular formula is C12H18N2O2S. The third kappa shape index (κ3) is 1.99. The minimum Gasteiger partial charge on any atom is -0.329 e. The predicted molar refractivity (Wildman–Crippen MR) is 68.5 cm³/mol. The van der Waals surface area contributed by atoms with Crippen LogP contribution in [0.4, 0.5) is 0 Å². The zero-order chi connectivity index (χ0) is 12.8. The Bertz CT molecular complexity index is 524. The van der Waals surface area contributed by atoms with Crippen LogP contribution in [0.3, 0.4) is 0 Å². The summed E-state index contributed by atoms with van der Waals surface area (Å²) in [5.74, 6) is -0.178. The minimum atomic E-state index is -3.16. The molecule has 1 saturated carbocycles. The van der Waals surface area contributed by atoms with Crippen molar-refractivity contribution in [2.24, 2.45) is 11.5 Å². The van der Waals surface area contributed by atoms with E-state index in [0.717, 1.165) is 11.1 Å². The summed E-state index contributed by atoms with van der Waals surface area (Å²) in [6, 6.07) is 7.79. The minimum absolute atomic E-state index is 0.178. The van der Waals surface area contributed by atoms with Gasteiger partial charge >= 0.3 is 0 Å². The molecule has 94 valence electrons. The van der Waals surface area contributed by atoms with Gasteiger partial charge in [0, 0.05) is 18.7 Å². The summed E-state index contributed by atoms with van der Waals surface area (Å²) >= 11 is 0. The van der Waals surface area contributed by atoms with Crippen molar-refractivity contribution in [3.05, 3.63) is 35.4 Å². The molecule has 0 aromatic heterocycles. The lowest BCUT2D eigenvalue weighted by Crippen LogP contribution is -2.38. The molecule has 4 nitrogen and oxygen atoms in total. The van der Waals surface area contributed by atoms with Crippen molar-refractivity contribution in [3.63, 3.8) is 0 Å². The molecule has 4 N–H and O–H groups in total. The fourth-order valence-corrected chi connectivity index (χ4v) is 4.44. The van der Waals surface area contributed by atoms with Gasteiger partial charge in [-0.25, -0.2) is 8.42 Å². The van der Waals surface area contributed by atoms with Crippen molar-refractivity contribution in [2.75, 3.05) is 12.8 Å². The molecule has 0 spiro atoms. The molecule has 1 aromatic rings. The molecule has 2 rings (SSSR count). The smallest absolute Gasteiger partial charge is 0.152 e. The zero-order valence-electron chi connectivity index (χ0n) is 10.1. The van der Waals surface area contributed by atoms with E-state index in [1.165, 1.54) is 6.26 Å². The Kier molecular flexibility index (Phi) is 2.80. The van der Waals surface area contributed by atoms with Gasteiger partial charge in [-0.15, -0.1) is 0 Å². The highest BCUT2D eigenvalue weighted by Gasteiger charge is 2.67. The number of benzene rings is 1. The average molecular weight is 254 g/mol. The van der Waals surface area contributed by atoms with Gasteiger partial charge in [0.05, 0.1) is 10.8 Å². The predicted octanol–water partition coefficient (Wildman–Crippen LogP) is 0.162. The van der Waals surface area contributed by atoms with Gasteiger partial charge in [0.1, 0.15) is 0 Å². The quantitative estimate of drug-likeness (QED) is 0.804. The van der Waals surface area contributed by atoms with E-state index >= 15 is 0 Å². The number of aryl methyl sites for hydroxylation is 1. The summed E-state index contributed by atoms with van der Waals surface area (Å²) in [6.07, 6.45) is 1.23. The number of hydrogen-bond acceptors (Lipinski definition) is 4. The largest absolute Gasteiger partial charge is 0.329 e. The molecule has 0 heterocycles. The summed E-state index contributed by atoms with van der Waals surface area (Å²) in [7, 11) is -3.16. The summed E-state index contributed by atoms with van der Waals surface area (Å²) in [4.78, 5) is 0. The fourth-order valence-electron chi connectivity index (χ4n) is 2.57. The van der Waals surface area contributed by atoms with Crippen molar-refractivity contribution in [1.29, 1.82) is 0 Å². The van der Waals surface area contributed by atoms with E-state index in [4.69, 9.17) is 11.5 Å². The third-order valence-electron chi connectivity index (χ3n) is 3.55. The van der Waals surface area contributed by atoms with Crippen LogP contribution in [0.5, 0.6) is 0 Å². The summed E-state index contributed by atoms with van der Waals surface area (Å²) in [6.45, 7) is 2.17. The van der Waals surface area contributed by atoms with Gasteiger partial charge in [0.15, 0.2) is 9.84 Å². The Balaban J connectivity index is 2.37. The molecule has 0 unspecified atom stereocenters. The second-order valence-electron chi connectivity index (χ2n) is 4.95. The fraction of sp³-hybridized carbons (Fsp3) is 0.500. The molecule has 0 aliphatic heterocycles. The second kappa shape index (κ2) is 3.80. The van der Waals surface area contributed by atoms with Gasteiger partial charge in [0.25, 0.3) is 0 Å². The topological polar surface area (TPSA) is 86.2 Å². The summed E-state index contributed by atoms with van der Waals surface area (Å²) in [5, 5.41) is -0.553. The van der Waals surface area contributed by atoms with E-state index in [1.807, 2.05) is 31.2 Å². The lowest BCUT2D eigenvalue weighted by Gasteiger charge is -2.07. The van der Waals surface area contributed by atoms with Crippen LogP contribution in [-0.2, 0) is 9.84 Å².